The molecule has 13 heavy (non-hydrogen) atoms. The van der Waals surface area contributed by atoms with Crippen LogP contribution in [0.3, 0.4) is 0 Å². The second-order valence-electron chi connectivity index (χ2n) is 2.84. The van der Waals surface area contributed by atoms with Gasteiger partial charge in [0.1, 0.15) is 0 Å². The Labute approximate surface area is 79.7 Å². The second kappa shape index (κ2) is 4.75. The predicted octanol–water partition coefficient (Wildman–Crippen LogP) is 2.77. The monoisotopic (exact) mass is 176 g/mol. The summed E-state index contributed by atoms with van der Waals surface area (Å²) in [5.41, 5.74) is 3.39. The van der Waals surface area contributed by atoms with Gasteiger partial charge in [0.15, 0.2) is 0 Å². The molecule has 1 heterocycles. The molecule has 2 rings (SSSR count). The van der Waals surface area contributed by atoms with Crippen LogP contribution < -0.4 is 0 Å². The van der Waals surface area contributed by atoms with Gasteiger partial charge < -0.3 is 0 Å². The van der Waals surface area contributed by atoms with Crippen LogP contribution in [0.4, 0.5) is 0 Å². The molecule has 0 N–H and O–H groups in total. The summed E-state index contributed by atoms with van der Waals surface area (Å²) < 4.78 is 0. The first-order valence-electron chi connectivity index (χ1n) is 4.86. The summed E-state index contributed by atoms with van der Waals surface area (Å²) in [6.07, 6.45) is 6.44. The van der Waals surface area contributed by atoms with Gasteiger partial charge >= 0.3 is 0 Å². The van der Waals surface area contributed by atoms with Crippen LogP contribution in [0.15, 0.2) is 12.1 Å². The van der Waals surface area contributed by atoms with E-state index in [1.54, 1.807) is 0 Å². The molecule has 0 unspecified atom stereocenters. The largest absolute Gasteiger partial charge is 0.155 e. The molecule has 2 heteroatoms. The van der Waals surface area contributed by atoms with Crippen molar-refractivity contribution >= 4 is 6.08 Å². The van der Waals surface area contributed by atoms with Crippen LogP contribution in [0, 0.1) is 6.92 Å². The number of aryl methyl sites for hydroxylation is 2. The van der Waals surface area contributed by atoms with Crippen LogP contribution in [0.5, 0.6) is 0 Å². The van der Waals surface area contributed by atoms with E-state index in [2.05, 4.69) is 22.3 Å². The molecule has 0 bridgehead atoms. The fourth-order valence-electron chi connectivity index (χ4n) is 1.33. The van der Waals surface area contributed by atoms with Gasteiger partial charge in [-0.1, -0.05) is 19.9 Å². The Balaban J connectivity index is 0.000000396. The van der Waals surface area contributed by atoms with Gasteiger partial charge in [-0.25, -0.2) is 0 Å². The molecule has 1 aliphatic rings. The number of nitrogens with zero attached hydrogens (tertiary/aromatic N) is 2. The maximum atomic E-state index is 4.08. The molecule has 0 fully saturated rings. The summed E-state index contributed by atoms with van der Waals surface area (Å²) in [4.78, 5) is 0. The highest BCUT2D eigenvalue weighted by atomic mass is 15.1. The van der Waals surface area contributed by atoms with Crippen LogP contribution in [-0.4, -0.2) is 10.2 Å². The molecule has 1 aromatic rings. The van der Waals surface area contributed by atoms with Crippen molar-refractivity contribution in [2.75, 3.05) is 0 Å². The van der Waals surface area contributed by atoms with Crippen LogP contribution in [-0.2, 0) is 6.42 Å². The summed E-state index contributed by atoms with van der Waals surface area (Å²) in [5, 5.41) is 8.07. The van der Waals surface area contributed by atoms with E-state index in [1.165, 1.54) is 5.56 Å². The maximum absolute atomic E-state index is 4.08. The van der Waals surface area contributed by atoms with E-state index in [0.29, 0.717) is 0 Å². The van der Waals surface area contributed by atoms with Gasteiger partial charge in [-0.2, -0.15) is 10.2 Å². The Morgan fingerprint density at radius 1 is 1.23 bits per heavy atom. The lowest BCUT2D eigenvalue weighted by Gasteiger charge is -2.07. The molecule has 70 valence electrons. The summed E-state index contributed by atoms with van der Waals surface area (Å²) in [5.74, 6) is 0. The first-order chi connectivity index (χ1) is 6.36. The van der Waals surface area contributed by atoms with Crippen molar-refractivity contribution in [1.82, 2.24) is 10.2 Å². The lowest BCUT2D eigenvalue weighted by molar-refractivity contribution is 0.891. The maximum Gasteiger partial charge on any atom is 0.0886 e. The zero-order valence-corrected chi connectivity index (χ0v) is 8.54. The average Bonchev–Trinajstić information content (AvgIpc) is 2.21. The normalized spacial score (nSPS) is 12.8. The summed E-state index contributed by atoms with van der Waals surface area (Å²) in [6, 6.07) is 2.12. The minimum Gasteiger partial charge on any atom is -0.155 e. The van der Waals surface area contributed by atoms with Crippen molar-refractivity contribution in [3.8, 4) is 0 Å². The van der Waals surface area contributed by atoms with Gasteiger partial charge in [0.25, 0.3) is 0 Å². The topological polar surface area (TPSA) is 25.8 Å². The fourth-order valence-corrected chi connectivity index (χ4v) is 1.33. The predicted molar refractivity (Wildman–Crippen MR) is 55.5 cm³/mol. The number of hydrogen-bond acceptors (Lipinski definition) is 2. The highest BCUT2D eigenvalue weighted by Crippen LogP contribution is 2.15. The zero-order valence-electron chi connectivity index (χ0n) is 8.54. The summed E-state index contributed by atoms with van der Waals surface area (Å²) in [7, 11) is 0. The van der Waals surface area contributed by atoms with Gasteiger partial charge in [-0.3, -0.25) is 0 Å². The van der Waals surface area contributed by atoms with Gasteiger partial charge in [-0.15, -0.1) is 0 Å². The molecule has 1 aliphatic carbocycles. The van der Waals surface area contributed by atoms with Crippen LogP contribution in [0.2, 0.25) is 0 Å². The molecule has 2 nitrogen and oxygen atoms in total. The zero-order chi connectivity index (χ0) is 9.68. The van der Waals surface area contributed by atoms with Gasteiger partial charge in [0.2, 0.25) is 0 Å². The van der Waals surface area contributed by atoms with E-state index in [0.717, 1.165) is 24.2 Å². The standard InChI is InChI=1S/C9H10N2.C2H6/c1-7-6-8-4-2-3-5-9(8)11-10-7;1-2/h3,5-6H,2,4H2,1H3;1-2H3. The van der Waals surface area contributed by atoms with Crippen molar-refractivity contribution in [1.29, 1.82) is 0 Å². The van der Waals surface area contributed by atoms with E-state index in [1.807, 2.05) is 26.8 Å². The van der Waals surface area contributed by atoms with Crippen LogP contribution >= 0.6 is 0 Å². The molecule has 0 atom stereocenters. The Kier molecular flexibility index (Phi) is 3.62. The van der Waals surface area contributed by atoms with Crippen molar-refractivity contribution in [2.45, 2.75) is 33.6 Å². The number of fused-ring (bicyclic) bond motifs is 1. The quantitative estimate of drug-likeness (QED) is 0.607. The van der Waals surface area contributed by atoms with Crippen LogP contribution in [0.1, 0.15) is 37.2 Å². The Morgan fingerprint density at radius 3 is 2.77 bits per heavy atom. The molecular weight excluding hydrogens is 160 g/mol. The number of allylic oxidation sites excluding steroid dienone is 1. The Bertz CT molecular complexity index is 303. The van der Waals surface area contributed by atoms with Crippen LogP contribution in [0.25, 0.3) is 6.08 Å². The van der Waals surface area contributed by atoms with Crippen molar-refractivity contribution in [3.63, 3.8) is 0 Å². The lowest BCUT2D eigenvalue weighted by atomic mass is 10.0. The van der Waals surface area contributed by atoms with Crippen molar-refractivity contribution in [2.24, 2.45) is 0 Å². The number of rotatable bonds is 0. The third-order valence-corrected chi connectivity index (χ3v) is 1.88. The molecule has 0 amide bonds. The van der Waals surface area contributed by atoms with Gasteiger partial charge in [0.05, 0.1) is 11.4 Å². The van der Waals surface area contributed by atoms with E-state index >= 15 is 0 Å². The Morgan fingerprint density at radius 2 is 2.00 bits per heavy atom. The minimum absolute atomic E-state index is 1.01. The molecule has 0 spiro atoms. The highest BCUT2D eigenvalue weighted by Gasteiger charge is 2.05. The molecular formula is C11H16N2. The molecule has 0 aromatic carbocycles. The van der Waals surface area contributed by atoms with Crippen molar-refractivity contribution in [3.05, 3.63) is 29.1 Å². The first-order valence-corrected chi connectivity index (χ1v) is 4.86. The number of hydrogen-bond donors (Lipinski definition) is 0. The van der Waals surface area contributed by atoms with E-state index in [4.69, 9.17) is 0 Å². The summed E-state index contributed by atoms with van der Waals surface area (Å²) in [6.45, 7) is 5.98. The molecule has 0 aliphatic heterocycles. The minimum atomic E-state index is 1.01. The SMILES string of the molecule is CC.Cc1cc2c(nn1)C=CCC2. The Hall–Kier alpha value is -1.18. The summed E-state index contributed by atoms with van der Waals surface area (Å²) >= 11 is 0. The molecule has 1 aromatic heterocycles. The fraction of sp³-hybridized carbons (Fsp3) is 0.455. The third kappa shape index (κ3) is 2.38. The van der Waals surface area contributed by atoms with Gasteiger partial charge in [-0.05, 0) is 37.5 Å². The van der Waals surface area contributed by atoms with Crippen molar-refractivity contribution < 1.29 is 0 Å². The number of aromatic nitrogens is 2. The lowest BCUT2D eigenvalue weighted by Crippen LogP contribution is -2.00. The van der Waals surface area contributed by atoms with E-state index in [9.17, 15) is 0 Å². The highest BCUT2D eigenvalue weighted by molar-refractivity contribution is 5.51. The molecule has 0 saturated carbocycles. The average molecular weight is 176 g/mol. The third-order valence-electron chi connectivity index (χ3n) is 1.88. The van der Waals surface area contributed by atoms with Gasteiger partial charge in [0, 0.05) is 0 Å². The first kappa shape index (κ1) is 9.90. The van der Waals surface area contributed by atoms with E-state index in [-0.39, 0.29) is 0 Å². The second-order valence-corrected chi connectivity index (χ2v) is 2.84. The molecule has 0 radical (unpaired) electrons. The smallest absolute Gasteiger partial charge is 0.0886 e. The molecule has 0 saturated heterocycles. The van der Waals surface area contributed by atoms with E-state index < -0.39 is 0 Å².